The first-order valence-corrected chi connectivity index (χ1v) is 7.49. The number of aromatic nitrogens is 2. The van der Waals surface area contributed by atoms with Crippen LogP contribution < -0.4 is 0 Å². The number of piperidine rings is 1. The summed E-state index contributed by atoms with van der Waals surface area (Å²) >= 11 is 0. The van der Waals surface area contributed by atoms with Gasteiger partial charge in [-0.15, -0.1) is 0 Å². The number of amides is 1. The van der Waals surface area contributed by atoms with Gasteiger partial charge in [0.2, 0.25) is 0 Å². The third kappa shape index (κ3) is 3.44. The minimum atomic E-state index is -4.38. The Hall–Kier alpha value is -1.77. The van der Waals surface area contributed by atoms with Crippen LogP contribution in [0.5, 0.6) is 0 Å². The molecular formula is C14H18F3N3O3. The lowest BCUT2D eigenvalue weighted by Gasteiger charge is -2.37. The van der Waals surface area contributed by atoms with E-state index in [2.05, 4.69) is 5.10 Å². The highest BCUT2D eigenvalue weighted by atomic mass is 19.4. The molecule has 2 aliphatic heterocycles. The summed E-state index contributed by atoms with van der Waals surface area (Å²) in [6.07, 6.45) is -1.48. The van der Waals surface area contributed by atoms with Crippen LogP contribution in [0.1, 0.15) is 24.8 Å². The number of carboxylic acid groups (broad SMARTS) is 1. The van der Waals surface area contributed by atoms with Gasteiger partial charge < -0.3 is 14.7 Å². The van der Waals surface area contributed by atoms with Crippen molar-refractivity contribution in [1.29, 1.82) is 0 Å². The molecule has 1 N–H and O–H groups in total. The largest absolute Gasteiger partial charge is 0.465 e. The quantitative estimate of drug-likeness (QED) is 0.903. The average molecular weight is 333 g/mol. The SMILES string of the molecule is O=C(O)N1CCC2(CC1)CC(Cn1cc(C(F)(F)F)cn1)CO2. The smallest absolute Gasteiger partial charge is 0.419 e. The summed E-state index contributed by atoms with van der Waals surface area (Å²) in [4.78, 5) is 12.3. The number of likely N-dealkylation sites (tertiary alicyclic amines) is 1. The molecule has 1 atom stereocenters. The van der Waals surface area contributed by atoms with Crippen LogP contribution in [0, 0.1) is 5.92 Å². The molecule has 0 radical (unpaired) electrons. The second kappa shape index (κ2) is 5.70. The third-order valence-electron chi connectivity index (χ3n) is 4.64. The van der Waals surface area contributed by atoms with Crippen molar-refractivity contribution < 1.29 is 27.8 Å². The van der Waals surface area contributed by atoms with Gasteiger partial charge in [-0.3, -0.25) is 4.68 Å². The number of hydrogen-bond acceptors (Lipinski definition) is 3. The third-order valence-corrected chi connectivity index (χ3v) is 4.64. The standard InChI is InChI=1S/C14H18F3N3O3/c15-14(16,17)11-6-18-20(8-11)7-10-5-13(23-9-10)1-3-19(4-2-13)12(21)22/h6,8,10H,1-5,7,9H2,(H,21,22). The van der Waals surface area contributed by atoms with Crippen molar-refractivity contribution in [2.75, 3.05) is 19.7 Å². The zero-order valence-corrected chi connectivity index (χ0v) is 12.4. The van der Waals surface area contributed by atoms with Crippen molar-refractivity contribution in [2.45, 2.75) is 37.6 Å². The summed E-state index contributed by atoms with van der Waals surface area (Å²) < 4.78 is 44.9. The molecule has 9 heteroatoms. The van der Waals surface area contributed by atoms with Crippen LogP contribution in [0.25, 0.3) is 0 Å². The fourth-order valence-electron chi connectivity index (χ4n) is 3.38. The van der Waals surface area contributed by atoms with Gasteiger partial charge in [0.15, 0.2) is 0 Å². The molecule has 0 aromatic carbocycles. The summed E-state index contributed by atoms with van der Waals surface area (Å²) in [6, 6.07) is 0. The molecule has 0 aliphatic carbocycles. The van der Waals surface area contributed by atoms with Crippen molar-refractivity contribution in [1.82, 2.24) is 14.7 Å². The van der Waals surface area contributed by atoms with Crippen molar-refractivity contribution in [2.24, 2.45) is 5.92 Å². The topological polar surface area (TPSA) is 67.6 Å². The number of halogens is 3. The maximum Gasteiger partial charge on any atom is 0.419 e. The molecule has 0 bridgehead atoms. The molecular weight excluding hydrogens is 315 g/mol. The molecule has 1 unspecified atom stereocenters. The van der Waals surface area contributed by atoms with Crippen LogP contribution in [0.2, 0.25) is 0 Å². The lowest BCUT2D eigenvalue weighted by Crippen LogP contribution is -2.46. The normalized spacial score (nSPS) is 24.3. The van der Waals surface area contributed by atoms with Crippen LogP contribution in [-0.2, 0) is 17.5 Å². The molecule has 0 saturated carbocycles. The van der Waals surface area contributed by atoms with Gasteiger partial charge in [-0.25, -0.2) is 4.79 Å². The Balaban J connectivity index is 1.56. The van der Waals surface area contributed by atoms with Crippen LogP contribution in [-0.4, -0.2) is 51.2 Å². The first kappa shape index (κ1) is 16.1. The highest BCUT2D eigenvalue weighted by Gasteiger charge is 2.43. The first-order chi connectivity index (χ1) is 10.8. The first-order valence-electron chi connectivity index (χ1n) is 7.49. The van der Waals surface area contributed by atoms with E-state index in [1.807, 2.05) is 0 Å². The van der Waals surface area contributed by atoms with E-state index in [-0.39, 0.29) is 11.5 Å². The molecule has 128 valence electrons. The van der Waals surface area contributed by atoms with Crippen molar-refractivity contribution in [3.63, 3.8) is 0 Å². The number of alkyl halides is 3. The molecule has 1 aromatic rings. The van der Waals surface area contributed by atoms with E-state index in [0.717, 1.165) is 18.8 Å². The predicted octanol–water partition coefficient (Wildman–Crippen LogP) is 2.45. The van der Waals surface area contributed by atoms with Crippen LogP contribution >= 0.6 is 0 Å². The highest BCUT2D eigenvalue weighted by molar-refractivity contribution is 5.65. The Bertz CT molecular complexity index is 579. The summed E-state index contributed by atoms with van der Waals surface area (Å²) in [5, 5.41) is 12.7. The average Bonchev–Trinajstić information content (AvgIpc) is 3.08. The molecule has 6 nitrogen and oxygen atoms in total. The van der Waals surface area contributed by atoms with E-state index in [9.17, 15) is 18.0 Å². The summed E-state index contributed by atoms with van der Waals surface area (Å²) in [7, 11) is 0. The molecule has 2 saturated heterocycles. The zero-order chi connectivity index (χ0) is 16.7. The highest BCUT2D eigenvalue weighted by Crippen LogP contribution is 2.39. The molecule has 1 aromatic heterocycles. The molecule has 3 heterocycles. The minimum Gasteiger partial charge on any atom is -0.465 e. The van der Waals surface area contributed by atoms with E-state index in [0.29, 0.717) is 39.1 Å². The maximum atomic E-state index is 12.6. The van der Waals surface area contributed by atoms with Gasteiger partial charge in [-0.1, -0.05) is 0 Å². The second-order valence-electron chi connectivity index (χ2n) is 6.28. The summed E-state index contributed by atoms with van der Waals surface area (Å²) in [6.45, 7) is 1.71. The Morgan fingerprint density at radius 3 is 2.70 bits per heavy atom. The lowest BCUT2D eigenvalue weighted by atomic mass is 9.85. The van der Waals surface area contributed by atoms with Crippen LogP contribution in [0.3, 0.4) is 0 Å². The molecule has 2 aliphatic rings. The predicted molar refractivity (Wildman–Crippen MR) is 72.9 cm³/mol. The monoisotopic (exact) mass is 333 g/mol. The fourth-order valence-corrected chi connectivity index (χ4v) is 3.38. The van der Waals surface area contributed by atoms with Crippen LogP contribution in [0.4, 0.5) is 18.0 Å². The number of nitrogens with zero attached hydrogens (tertiary/aromatic N) is 3. The second-order valence-corrected chi connectivity index (χ2v) is 6.28. The van der Waals surface area contributed by atoms with E-state index in [4.69, 9.17) is 9.84 Å². The fraction of sp³-hybridized carbons (Fsp3) is 0.714. The van der Waals surface area contributed by atoms with E-state index < -0.39 is 17.8 Å². The molecule has 3 rings (SSSR count). The number of ether oxygens (including phenoxy) is 1. The number of rotatable bonds is 2. The zero-order valence-electron chi connectivity index (χ0n) is 12.4. The van der Waals surface area contributed by atoms with Gasteiger partial charge in [0.1, 0.15) is 0 Å². The Kier molecular flexibility index (Phi) is 3.99. The van der Waals surface area contributed by atoms with Gasteiger partial charge in [0, 0.05) is 31.7 Å². The Morgan fingerprint density at radius 2 is 2.13 bits per heavy atom. The molecule has 23 heavy (non-hydrogen) atoms. The Morgan fingerprint density at radius 1 is 1.43 bits per heavy atom. The molecule has 1 amide bonds. The van der Waals surface area contributed by atoms with Crippen molar-refractivity contribution in [3.8, 4) is 0 Å². The van der Waals surface area contributed by atoms with Crippen LogP contribution in [0.15, 0.2) is 12.4 Å². The van der Waals surface area contributed by atoms with Gasteiger partial charge in [-0.2, -0.15) is 18.3 Å². The molecule has 2 fully saturated rings. The minimum absolute atomic E-state index is 0.0901. The summed E-state index contributed by atoms with van der Waals surface area (Å²) in [5.74, 6) is 0.0901. The van der Waals surface area contributed by atoms with E-state index >= 15 is 0 Å². The Labute approximate surface area is 130 Å². The van der Waals surface area contributed by atoms with Gasteiger partial charge in [-0.05, 0) is 19.3 Å². The number of carbonyl (C=O) groups is 1. The van der Waals surface area contributed by atoms with Crippen molar-refractivity contribution >= 4 is 6.09 Å². The lowest BCUT2D eigenvalue weighted by molar-refractivity contribution is -0.137. The van der Waals surface area contributed by atoms with E-state index in [1.165, 1.54) is 9.58 Å². The van der Waals surface area contributed by atoms with Crippen molar-refractivity contribution in [3.05, 3.63) is 18.0 Å². The molecule has 1 spiro atoms. The van der Waals surface area contributed by atoms with Gasteiger partial charge in [0.05, 0.1) is 24.0 Å². The number of hydrogen-bond donors (Lipinski definition) is 1. The van der Waals surface area contributed by atoms with Gasteiger partial charge >= 0.3 is 12.3 Å². The summed E-state index contributed by atoms with van der Waals surface area (Å²) in [5.41, 5.74) is -1.09. The maximum absolute atomic E-state index is 12.6. The van der Waals surface area contributed by atoms with E-state index in [1.54, 1.807) is 0 Å². The van der Waals surface area contributed by atoms with Gasteiger partial charge in [0.25, 0.3) is 0 Å².